The van der Waals surface area contributed by atoms with Gasteiger partial charge in [-0.2, -0.15) is 0 Å². The first kappa shape index (κ1) is 11.4. The molecule has 0 bridgehead atoms. The van der Waals surface area contributed by atoms with E-state index in [9.17, 15) is 4.79 Å². The van der Waals surface area contributed by atoms with Crippen molar-refractivity contribution in [2.75, 3.05) is 26.2 Å². The summed E-state index contributed by atoms with van der Waals surface area (Å²) in [7, 11) is 0. The molecule has 4 nitrogen and oxygen atoms in total. The summed E-state index contributed by atoms with van der Waals surface area (Å²) in [6.07, 6.45) is 6.13. The van der Waals surface area contributed by atoms with Crippen LogP contribution in [0.3, 0.4) is 0 Å². The van der Waals surface area contributed by atoms with Crippen LogP contribution in [0.15, 0.2) is 0 Å². The summed E-state index contributed by atoms with van der Waals surface area (Å²) >= 11 is 0. The van der Waals surface area contributed by atoms with Gasteiger partial charge in [0.1, 0.15) is 0 Å². The van der Waals surface area contributed by atoms with Crippen LogP contribution in [0.5, 0.6) is 0 Å². The second kappa shape index (κ2) is 5.32. The maximum atomic E-state index is 11.9. The van der Waals surface area contributed by atoms with E-state index >= 15 is 0 Å². The Labute approximate surface area is 97.1 Å². The average Bonchev–Trinajstić information content (AvgIpc) is 2.73. The quantitative estimate of drug-likeness (QED) is 0.787. The van der Waals surface area contributed by atoms with E-state index in [4.69, 9.17) is 5.41 Å². The van der Waals surface area contributed by atoms with E-state index in [1.54, 1.807) is 0 Å². The van der Waals surface area contributed by atoms with Gasteiger partial charge in [0.15, 0.2) is 0 Å². The second-order valence-electron chi connectivity index (χ2n) is 4.73. The molecule has 0 aliphatic carbocycles. The predicted octanol–water partition coefficient (Wildman–Crippen LogP) is 1.46. The van der Waals surface area contributed by atoms with Gasteiger partial charge in [-0.15, -0.1) is 0 Å². The lowest BCUT2D eigenvalue weighted by Crippen LogP contribution is -2.38. The minimum absolute atomic E-state index is 0.277. The molecule has 90 valence electrons. The number of hydrogen-bond donors (Lipinski definition) is 1. The van der Waals surface area contributed by atoms with Crippen LogP contribution in [0, 0.1) is 5.41 Å². The summed E-state index contributed by atoms with van der Waals surface area (Å²) in [5.41, 5.74) is 0. The first-order valence-electron chi connectivity index (χ1n) is 6.37. The maximum Gasteiger partial charge on any atom is 0.224 e. The van der Waals surface area contributed by atoms with Crippen molar-refractivity contribution in [2.24, 2.45) is 0 Å². The lowest BCUT2D eigenvalue weighted by atomic mass is 10.1. The molecular formula is C12H21N3O. The zero-order chi connectivity index (χ0) is 11.4. The predicted molar refractivity (Wildman–Crippen MR) is 63.6 cm³/mol. The Morgan fingerprint density at radius 1 is 1.12 bits per heavy atom. The van der Waals surface area contributed by atoms with Gasteiger partial charge in [-0.05, 0) is 25.7 Å². The molecule has 2 aliphatic heterocycles. The molecule has 1 N–H and O–H groups in total. The summed E-state index contributed by atoms with van der Waals surface area (Å²) in [5, 5.41) is 7.70. The van der Waals surface area contributed by atoms with Crippen LogP contribution in [0.4, 0.5) is 0 Å². The largest absolute Gasteiger partial charge is 0.360 e. The van der Waals surface area contributed by atoms with Crippen LogP contribution >= 0.6 is 0 Å². The highest BCUT2D eigenvalue weighted by Gasteiger charge is 2.20. The standard InChI is InChI=1S/C12H21N3O/c13-11-5-4-9-14(11)10-6-12(16)15-7-2-1-3-8-15/h13H,1-10H2. The fourth-order valence-electron chi connectivity index (χ4n) is 2.51. The molecule has 16 heavy (non-hydrogen) atoms. The average molecular weight is 223 g/mol. The van der Waals surface area contributed by atoms with Crippen LogP contribution in [0.1, 0.15) is 38.5 Å². The molecular weight excluding hydrogens is 202 g/mol. The van der Waals surface area contributed by atoms with Gasteiger partial charge in [-0.3, -0.25) is 10.2 Å². The molecule has 0 aromatic carbocycles. The number of carbonyl (C=O) groups excluding carboxylic acids is 1. The van der Waals surface area contributed by atoms with E-state index in [-0.39, 0.29) is 5.91 Å². The van der Waals surface area contributed by atoms with Crippen LogP contribution in [0.2, 0.25) is 0 Å². The fourth-order valence-corrected chi connectivity index (χ4v) is 2.51. The molecule has 4 heteroatoms. The van der Waals surface area contributed by atoms with Crippen molar-refractivity contribution < 1.29 is 4.79 Å². The number of piperidine rings is 1. The number of likely N-dealkylation sites (tertiary alicyclic amines) is 2. The Morgan fingerprint density at radius 2 is 1.88 bits per heavy atom. The molecule has 2 rings (SSSR count). The van der Waals surface area contributed by atoms with E-state index in [1.807, 2.05) is 9.80 Å². The van der Waals surface area contributed by atoms with Gasteiger partial charge >= 0.3 is 0 Å². The normalized spacial score (nSPS) is 21.6. The Hall–Kier alpha value is -1.06. The minimum atomic E-state index is 0.277. The van der Waals surface area contributed by atoms with E-state index < -0.39 is 0 Å². The number of rotatable bonds is 3. The maximum absolute atomic E-state index is 11.9. The summed E-state index contributed by atoms with van der Waals surface area (Å²) in [5.74, 6) is 0.992. The third-order valence-electron chi connectivity index (χ3n) is 3.53. The van der Waals surface area contributed by atoms with Crippen LogP contribution in [-0.2, 0) is 4.79 Å². The van der Waals surface area contributed by atoms with Crippen molar-refractivity contribution in [3.05, 3.63) is 0 Å². The zero-order valence-corrected chi connectivity index (χ0v) is 9.87. The molecule has 0 atom stereocenters. The first-order valence-corrected chi connectivity index (χ1v) is 6.37. The Balaban J connectivity index is 1.72. The van der Waals surface area contributed by atoms with Gasteiger partial charge in [-0.1, -0.05) is 0 Å². The Bertz CT molecular complexity index is 271. The van der Waals surface area contributed by atoms with Crippen LogP contribution < -0.4 is 0 Å². The number of nitrogens with one attached hydrogen (secondary N) is 1. The van der Waals surface area contributed by atoms with Crippen molar-refractivity contribution >= 4 is 11.7 Å². The van der Waals surface area contributed by atoms with Gasteiger partial charge < -0.3 is 9.80 Å². The molecule has 1 amide bonds. The van der Waals surface area contributed by atoms with Crippen LogP contribution in [0.25, 0.3) is 0 Å². The Morgan fingerprint density at radius 3 is 2.50 bits per heavy atom. The Kier molecular flexibility index (Phi) is 3.80. The third-order valence-corrected chi connectivity index (χ3v) is 3.53. The number of amidine groups is 1. The smallest absolute Gasteiger partial charge is 0.224 e. The SMILES string of the molecule is N=C1CCCN1CCC(=O)N1CCCCC1. The lowest BCUT2D eigenvalue weighted by Gasteiger charge is -2.27. The monoisotopic (exact) mass is 223 g/mol. The van der Waals surface area contributed by atoms with Crippen molar-refractivity contribution in [3.63, 3.8) is 0 Å². The molecule has 0 spiro atoms. The highest BCUT2D eigenvalue weighted by Crippen LogP contribution is 2.13. The van der Waals surface area contributed by atoms with Crippen molar-refractivity contribution in [1.29, 1.82) is 5.41 Å². The first-order chi connectivity index (χ1) is 7.77. The topological polar surface area (TPSA) is 47.4 Å². The zero-order valence-electron chi connectivity index (χ0n) is 9.87. The summed E-state index contributed by atoms with van der Waals surface area (Å²) in [6.45, 7) is 3.59. The summed E-state index contributed by atoms with van der Waals surface area (Å²) < 4.78 is 0. The van der Waals surface area contributed by atoms with Crippen LogP contribution in [-0.4, -0.2) is 47.7 Å². The number of carbonyl (C=O) groups is 1. The van der Waals surface area contributed by atoms with Crippen molar-refractivity contribution in [3.8, 4) is 0 Å². The molecule has 0 aromatic heterocycles. The molecule has 0 radical (unpaired) electrons. The van der Waals surface area contributed by atoms with Crippen molar-refractivity contribution in [2.45, 2.75) is 38.5 Å². The third kappa shape index (κ3) is 2.74. The van der Waals surface area contributed by atoms with Gasteiger partial charge in [0.2, 0.25) is 5.91 Å². The molecule has 0 aromatic rings. The molecule has 2 saturated heterocycles. The van der Waals surface area contributed by atoms with E-state index in [0.29, 0.717) is 12.3 Å². The molecule has 0 saturated carbocycles. The molecule has 0 unspecified atom stereocenters. The summed E-state index contributed by atoms with van der Waals surface area (Å²) in [4.78, 5) is 15.9. The fraction of sp³-hybridized carbons (Fsp3) is 0.833. The minimum Gasteiger partial charge on any atom is -0.360 e. The van der Waals surface area contributed by atoms with Gasteiger partial charge in [0.05, 0.1) is 5.84 Å². The highest BCUT2D eigenvalue weighted by molar-refractivity contribution is 5.82. The molecule has 2 fully saturated rings. The lowest BCUT2D eigenvalue weighted by molar-refractivity contribution is -0.132. The van der Waals surface area contributed by atoms with E-state index in [0.717, 1.165) is 51.9 Å². The second-order valence-corrected chi connectivity index (χ2v) is 4.73. The van der Waals surface area contributed by atoms with E-state index in [1.165, 1.54) is 6.42 Å². The van der Waals surface area contributed by atoms with Gasteiger partial charge in [0, 0.05) is 39.0 Å². The van der Waals surface area contributed by atoms with Gasteiger partial charge in [0.25, 0.3) is 0 Å². The number of hydrogen-bond acceptors (Lipinski definition) is 2. The number of amides is 1. The molecule has 2 aliphatic rings. The summed E-state index contributed by atoms with van der Waals surface area (Å²) in [6, 6.07) is 0. The highest BCUT2D eigenvalue weighted by atomic mass is 16.2. The van der Waals surface area contributed by atoms with Gasteiger partial charge in [-0.25, -0.2) is 0 Å². The molecule has 2 heterocycles. The van der Waals surface area contributed by atoms with Crippen molar-refractivity contribution in [1.82, 2.24) is 9.80 Å². The van der Waals surface area contributed by atoms with E-state index in [2.05, 4.69) is 0 Å². The number of nitrogens with zero attached hydrogens (tertiary/aromatic N) is 2.